The Morgan fingerprint density at radius 1 is 1.21 bits per heavy atom. The molecule has 100 valence electrons. The predicted octanol–water partition coefficient (Wildman–Crippen LogP) is 4.34. The number of pyridine rings is 1. The highest BCUT2D eigenvalue weighted by Crippen LogP contribution is 2.34. The third kappa shape index (κ3) is 2.74. The molecule has 0 saturated heterocycles. The van der Waals surface area contributed by atoms with E-state index in [1.807, 2.05) is 0 Å². The van der Waals surface area contributed by atoms with Crippen LogP contribution in [0.25, 0.3) is 0 Å². The zero-order valence-corrected chi connectivity index (χ0v) is 11.9. The molecule has 0 spiro atoms. The van der Waals surface area contributed by atoms with Crippen LogP contribution in [-0.4, -0.2) is 19.1 Å². The minimum atomic E-state index is -0.344. The molecule has 1 aromatic heterocycles. The van der Waals surface area contributed by atoms with Gasteiger partial charge in [0.15, 0.2) is 5.82 Å². The quantitative estimate of drug-likeness (QED) is 0.914. The topological polar surface area (TPSA) is 28.2 Å². The van der Waals surface area contributed by atoms with Crippen molar-refractivity contribution in [2.75, 3.05) is 24.3 Å². The molecule has 0 aliphatic heterocycles. The summed E-state index contributed by atoms with van der Waals surface area (Å²) in [6.45, 7) is 0. The molecule has 1 N–H and O–H groups in total. The second kappa shape index (κ2) is 5.63. The Morgan fingerprint density at radius 2 is 1.89 bits per heavy atom. The normalized spacial score (nSPS) is 10.4. The van der Waals surface area contributed by atoms with Crippen LogP contribution in [0.5, 0.6) is 0 Å². The van der Waals surface area contributed by atoms with Crippen molar-refractivity contribution in [1.29, 1.82) is 0 Å². The van der Waals surface area contributed by atoms with Gasteiger partial charge in [0.2, 0.25) is 0 Å². The number of para-hydroxylation sites is 1. The van der Waals surface area contributed by atoms with E-state index in [4.69, 9.17) is 23.2 Å². The van der Waals surface area contributed by atoms with Gasteiger partial charge in [0, 0.05) is 14.1 Å². The van der Waals surface area contributed by atoms with Crippen molar-refractivity contribution in [3.63, 3.8) is 0 Å². The summed E-state index contributed by atoms with van der Waals surface area (Å²) in [5, 5.41) is 3.63. The van der Waals surface area contributed by atoms with Crippen LogP contribution in [0.15, 0.2) is 30.3 Å². The summed E-state index contributed by atoms with van der Waals surface area (Å²) >= 11 is 12.1. The fourth-order valence-electron chi connectivity index (χ4n) is 1.71. The van der Waals surface area contributed by atoms with Crippen LogP contribution in [0.3, 0.4) is 0 Å². The standard InChI is InChI=1S/C13H12Cl2FN3/c1-17-12-8(14)7-9(15)13(18-12)19(2)11-6-4-3-5-10(11)16/h3-7H,1-2H3,(H,17,18). The molecule has 0 saturated carbocycles. The van der Waals surface area contributed by atoms with Gasteiger partial charge in [0.25, 0.3) is 0 Å². The zero-order chi connectivity index (χ0) is 14.0. The predicted molar refractivity (Wildman–Crippen MR) is 78.3 cm³/mol. The lowest BCUT2D eigenvalue weighted by Gasteiger charge is -2.21. The first kappa shape index (κ1) is 13.9. The molecule has 1 heterocycles. The molecule has 0 amide bonds. The van der Waals surface area contributed by atoms with Gasteiger partial charge in [-0.05, 0) is 18.2 Å². The Labute approximate surface area is 121 Å². The summed E-state index contributed by atoms with van der Waals surface area (Å²) in [5.41, 5.74) is 0.390. The molecule has 3 nitrogen and oxygen atoms in total. The monoisotopic (exact) mass is 299 g/mol. The smallest absolute Gasteiger partial charge is 0.154 e. The number of aromatic nitrogens is 1. The van der Waals surface area contributed by atoms with Gasteiger partial charge >= 0.3 is 0 Å². The van der Waals surface area contributed by atoms with Crippen molar-refractivity contribution in [2.24, 2.45) is 0 Å². The number of halogens is 3. The number of hydrogen-bond acceptors (Lipinski definition) is 3. The molecule has 6 heteroatoms. The number of nitrogens with one attached hydrogen (secondary N) is 1. The molecule has 2 rings (SSSR count). The van der Waals surface area contributed by atoms with Crippen LogP contribution < -0.4 is 10.2 Å². The van der Waals surface area contributed by atoms with Gasteiger partial charge in [-0.2, -0.15) is 0 Å². The first-order chi connectivity index (χ1) is 9.04. The fourth-order valence-corrected chi connectivity index (χ4v) is 2.29. The average Bonchev–Trinajstić information content (AvgIpc) is 2.39. The van der Waals surface area contributed by atoms with Crippen molar-refractivity contribution in [3.8, 4) is 0 Å². The summed E-state index contributed by atoms with van der Waals surface area (Å²) in [6.07, 6.45) is 0. The van der Waals surface area contributed by atoms with Crippen molar-refractivity contribution in [1.82, 2.24) is 4.98 Å². The molecular formula is C13H12Cl2FN3. The zero-order valence-electron chi connectivity index (χ0n) is 10.4. The maximum atomic E-state index is 13.8. The third-order valence-electron chi connectivity index (χ3n) is 2.68. The molecule has 0 aliphatic carbocycles. The van der Waals surface area contributed by atoms with Crippen molar-refractivity contribution >= 4 is 40.5 Å². The number of nitrogens with zero attached hydrogens (tertiary/aromatic N) is 2. The maximum Gasteiger partial charge on any atom is 0.154 e. The molecule has 19 heavy (non-hydrogen) atoms. The largest absolute Gasteiger partial charge is 0.372 e. The Balaban J connectivity index is 2.50. The first-order valence-corrected chi connectivity index (χ1v) is 6.32. The SMILES string of the molecule is CNc1nc(N(C)c2ccccc2F)c(Cl)cc1Cl. The van der Waals surface area contributed by atoms with E-state index in [2.05, 4.69) is 10.3 Å². The molecule has 0 unspecified atom stereocenters. The highest BCUT2D eigenvalue weighted by Gasteiger charge is 2.15. The third-order valence-corrected chi connectivity index (χ3v) is 3.25. The van der Waals surface area contributed by atoms with Crippen LogP contribution in [0.1, 0.15) is 0 Å². The number of benzene rings is 1. The lowest BCUT2D eigenvalue weighted by Crippen LogP contribution is -2.14. The average molecular weight is 300 g/mol. The molecule has 0 aliphatic rings. The van der Waals surface area contributed by atoms with Crippen LogP contribution in [0, 0.1) is 5.82 Å². The molecule has 0 fully saturated rings. The maximum absolute atomic E-state index is 13.8. The lowest BCUT2D eigenvalue weighted by atomic mass is 10.2. The Morgan fingerprint density at radius 3 is 2.53 bits per heavy atom. The Kier molecular flexibility index (Phi) is 4.12. The Hall–Kier alpha value is -1.52. The van der Waals surface area contributed by atoms with E-state index in [9.17, 15) is 4.39 Å². The summed E-state index contributed by atoms with van der Waals surface area (Å²) in [5.74, 6) is 0.577. The van der Waals surface area contributed by atoms with E-state index in [-0.39, 0.29) is 5.82 Å². The van der Waals surface area contributed by atoms with Gasteiger partial charge in [-0.3, -0.25) is 0 Å². The van der Waals surface area contributed by atoms with Crippen LogP contribution in [0.4, 0.5) is 21.7 Å². The molecular weight excluding hydrogens is 288 g/mol. The van der Waals surface area contributed by atoms with Gasteiger partial charge < -0.3 is 10.2 Å². The van der Waals surface area contributed by atoms with Gasteiger partial charge in [0.1, 0.15) is 11.6 Å². The van der Waals surface area contributed by atoms with Gasteiger partial charge in [0.05, 0.1) is 15.7 Å². The second-order valence-electron chi connectivity index (χ2n) is 3.88. The summed E-state index contributed by atoms with van der Waals surface area (Å²) in [6, 6.07) is 7.99. The van der Waals surface area contributed by atoms with Gasteiger partial charge in [-0.15, -0.1) is 0 Å². The minimum absolute atomic E-state index is 0.344. The van der Waals surface area contributed by atoms with E-state index in [0.717, 1.165) is 0 Å². The summed E-state index contributed by atoms with van der Waals surface area (Å²) < 4.78 is 13.8. The second-order valence-corrected chi connectivity index (χ2v) is 4.70. The van der Waals surface area contributed by atoms with Crippen molar-refractivity contribution in [3.05, 3.63) is 46.2 Å². The molecule has 0 atom stereocenters. The van der Waals surface area contributed by atoms with Crippen LogP contribution >= 0.6 is 23.2 Å². The van der Waals surface area contributed by atoms with Crippen molar-refractivity contribution < 1.29 is 4.39 Å². The highest BCUT2D eigenvalue weighted by molar-refractivity contribution is 6.37. The van der Waals surface area contributed by atoms with Crippen molar-refractivity contribution in [2.45, 2.75) is 0 Å². The van der Waals surface area contributed by atoms with Crippen LogP contribution in [0.2, 0.25) is 10.0 Å². The van der Waals surface area contributed by atoms with E-state index in [1.165, 1.54) is 6.07 Å². The summed E-state index contributed by atoms with van der Waals surface area (Å²) in [4.78, 5) is 5.87. The molecule has 1 aromatic carbocycles. The molecule has 2 aromatic rings. The highest BCUT2D eigenvalue weighted by atomic mass is 35.5. The van der Waals surface area contributed by atoms with E-state index in [0.29, 0.717) is 27.4 Å². The minimum Gasteiger partial charge on any atom is -0.372 e. The van der Waals surface area contributed by atoms with E-state index < -0.39 is 0 Å². The Bertz CT molecular complexity index is 604. The van der Waals surface area contributed by atoms with Gasteiger partial charge in [-0.25, -0.2) is 9.37 Å². The summed E-state index contributed by atoms with van der Waals surface area (Å²) in [7, 11) is 3.40. The van der Waals surface area contributed by atoms with E-state index in [1.54, 1.807) is 43.3 Å². The fraction of sp³-hybridized carbons (Fsp3) is 0.154. The van der Waals surface area contributed by atoms with Gasteiger partial charge in [-0.1, -0.05) is 35.3 Å². The molecule has 0 bridgehead atoms. The van der Waals surface area contributed by atoms with Crippen LogP contribution in [-0.2, 0) is 0 Å². The number of hydrogen-bond donors (Lipinski definition) is 1. The number of rotatable bonds is 3. The lowest BCUT2D eigenvalue weighted by molar-refractivity contribution is 0.627. The molecule has 0 radical (unpaired) electrons. The number of anilines is 3. The van der Waals surface area contributed by atoms with E-state index >= 15 is 0 Å². The first-order valence-electron chi connectivity index (χ1n) is 5.56.